The molecule has 0 aliphatic rings. The predicted molar refractivity (Wildman–Crippen MR) is 68.8 cm³/mol. The first-order valence-electron chi connectivity index (χ1n) is 5.39. The molecule has 4 nitrogen and oxygen atoms in total. The summed E-state index contributed by atoms with van der Waals surface area (Å²) in [4.78, 5) is 4.22. The average molecular weight is 229 g/mol. The zero-order valence-corrected chi connectivity index (χ0v) is 9.64. The van der Waals surface area contributed by atoms with Gasteiger partial charge < -0.3 is 16.2 Å². The molecule has 17 heavy (non-hydrogen) atoms. The molecule has 0 aliphatic carbocycles. The lowest BCUT2D eigenvalue weighted by molar-refractivity contribution is 0.469. The van der Waals surface area contributed by atoms with Crippen LogP contribution in [0.3, 0.4) is 0 Å². The van der Waals surface area contributed by atoms with Crippen molar-refractivity contribution in [1.29, 1.82) is 0 Å². The van der Waals surface area contributed by atoms with Gasteiger partial charge >= 0.3 is 0 Å². The second kappa shape index (κ2) is 4.74. The number of nitrogens with one attached hydrogen (secondary N) is 1. The summed E-state index contributed by atoms with van der Waals surface area (Å²) in [5.41, 5.74) is 8.13. The Morgan fingerprint density at radius 3 is 2.94 bits per heavy atom. The molecule has 2 aromatic rings. The fraction of sp³-hybridized carbons (Fsp3) is 0.154. The molecule has 4 heteroatoms. The van der Waals surface area contributed by atoms with Crippen molar-refractivity contribution in [3.63, 3.8) is 0 Å². The highest BCUT2D eigenvalue weighted by atomic mass is 16.3. The van der Waals surface area contributed by atoms with Crippen molar-refractivity contribution in [1.82, 2.24) is 4.98 Å². The van der Waals surface area contributed by atoms with Crippen LogP contribution in [0.5, 0.6) is 5.75 Å². The van der Waals surface area contributed by atoms with E-state index in [2.05, 4.69) is 10.3 Å². The van der Waals surface area contributed by atoms with Gasteiger partial charge in [-0.15, -0.1) is 0 Å². The molecule has 1 aromatic heterocycles. The molecule has 2 rings (SSSR count). The molecule has 0 saturated carbocycles. The Morgan fingerprint density at radius 1 is 1.35 bits per heavy atom. The van der Waals surface area contributed by atoms with Crippen molar-refractivity contribution in [2.24, 2.45) is 0 Å². The number of hydrogen-bond donors (Lipinski definition) is 3. The predicted octanol–water partition coefficient (Wildman–Crippen LogP) is 2.29. The van der Waals surface area contributed by atoms with Gasteiger partial charge in [-0.1, -0.05) is 6.07 Å². The quantitative estimate of drug-likeness (QED) is 0.558. The lowest BCUT2D eigenvalue weighted by Gasteiger charge is -2.09. The summed E-state index contributed by atoms with van der Waals surface area (Å²) in [6.07, 6.45) is 1.73. The standard InChI is InChI=1S/C13H15N3O/c1-9-3-2-6-15-13(9)16-8-10-7-11(14)4-5-12(10)17/h2-7,17H,8,14H2,1H3,(H,15,16). The third-order valence-corrected chi connectivity index (χ3v) is 2.56. The van der Waals surface area contributed by atoms with E-state index in [1.165, 1.54) is 0 Å². The van der Waals surface area contributed by atoms with Gasteiger partial charge in [0.15, 0.2) is 0 Å². The number of nitrogens with two attached hydrogens (primary N) is 1. The van der Waals surface area contributed by atoms with E-state index < -0.39 is 0 Å². The number of aryl methyl sites for hydroxylation is 1. The second-order valence-corrected chi connectivity index (χ2v) is 3.91. The van der Waals surface area contributed by atoms with E-state index in [9.17, 15) is 5.11 Å². The van der Waals surface area contributed by atoms with Gasteiger partial charge in [0.05, 0.1) is 0 Å². The number of anilines is 2. The fourth-order valence-corrected chi connectivity index (χ4v) is 1.60. The van der Waals surface area contributed by atoms with Crippen molar-refractivity contribution in [2.75, 3.05) is 11.1 Å². The second-order valence-electron chi connectivity index (χ2n) is 3.91. The third kappa shape index (κ3) is 2.66. The van der Waals surface area contributed by atoms with Crippen LogP contribution < -0.4 is 11.1 Å². The molecular formula is C13H15N3O. The van der Waals surface area contributed by atoms with E-state index in [0.717, 1.165) is 16.9 Å². The number of pyridine rings is 1. The van der Waals surface area contributed by atoms with Gasteiger partial charge in [-0.2, -0.15) is 0 Å². The minimum Gasteiger partial charge on any atom is -0.508 e. The molecule has 1 heterocycles. The zero-order valence-electron chi connectivity index (χ0n) is 9.64. The SMILES string of the molecule is Cc1cccnc1NCc1cc(N)ccc1O. The van der Waals surface area contributed by atoms with E-state index in [0.29, 0.717) is 12.2 Å². The first kappa shape index (κ1) is 11.3. The molecule has 0 radical (unpaired) electrons. The van der Waals surface area contributed by atoms with Gasteiger partial charge in [0.25, 0.3) is 0 Å². The minimum atomic E-state index is 0.236. The van der Waals surface area contributed by atoms with Crippen LogP contribution in [0.1, 0.15) is 11.1 Å². The van der Waals surface area contributed by atoms with E-state index in [1.807, 2.05) is 19.1 Å². The Bertz CT molecular complexity index is 526. The van der Waals surface area contributed by atoms with E-state index in [1.54, 1.807) is 24.4 Å². The molecule has 0 saturated heterocycles. The van der Waals surface area contributed by atoms with Crippen molar-refractivity contribution >= 4 is 11.5 Å². The molecule has 0 unspecified atom stereocenters. The Labute approximate surface area is 100 Å². The molecule has 0 spiro atoms. The number of phenols is 1. The highest BCUT2D eigenvalue weighted by molar-refractivity contribution is 5.50. The van der Waals surface area contributed by atoms with Gasteiger partial charge in [-0.05, 0) is 36.8 Å². The number of nitrogen functional groups attached to an aromatic ring is 1. The molecule has 88 valence electrons. The molecule has 4 N–H and O–H groups in total. The maximum Gasteiger partial charge on any atom is 0.129 e. The van der Waals surface area contributed by atoms with Crippen LogP contribution in [0.15, 0.2) is 36.5 Å². The van der Waals surface area contributed by atoms with E-state index in [4.69, 9.17) is 5.73 Å². The van der Waals surface area contributed by atoms with Crippen molar-refractivity contribution in [3.05, 3.63) is 47.7 Å². The summed E-state index contributed by atoms with van der Waals surface area (Å²) in [7, 11) is 0. The van der Waals surface area contributed by atoms with Crippen LogP contribution in [0.2, 0.25) is 0 Å². The number of aromatic hydroxyl groups is 1. The fourth-order valence-electron chi connectivity index (χ4n) is 1.60. The summed E-state index contributed by atoms with van der Waals surface area (Å²) >= 11 is 0. The number of phenolic OH excluding ortho intramolecular Hbond substituents is 1. The molecule has 0 bridgehead atoms. The molecular weight excluding hydrogens is 214 g/mol. The number of hydrogen-bond acceptors (Lipinski definition) is 4. The summed E-state index contributed by atoms with van der Waals surface area (Å²) < 4.78 is 0. The first-order valence-corrected chi connectivity index (χ1v) is 5.39. The van der Waals surface area contributed by atoms with E-state index in [-0.39, 0.29) is 5.75 Å². The van der Waals surface area contributed by atoms with Crippen molar-refractivity contribution in [2.45, 2.75) is 13.5 Å². The van der Waals surface area contributed by atoms with Gasteiger partial charge in [-0.25, -0.2) is 4.98 Å². The van der Waals surface area contributed by atoms with Gasteiger partial charge in [0, 0.05) is 24.0 Å². The third-order valence-electron chi connectivity index (χ3n) is 2.56. The summed E-state index contributed by atoms with van der Waals surface area (Å²) in [5.74, 6) is 1.05. The molecule has 0 amide bonds. The van der Waals surface area contributed by atoms with Gasteiger partial charge in [-0.3, -0.25) is 0 Å². The van der Waals surface area contributed by atoms with Crippen LogP contribution in [0, 0.1) is 6.92 Å². The maximum atomic E-state index is 9.67. The highest BCUT2D eigenvalue weighted by Gasteiger charge is 2.03. The normalized spacial score (nSPS) is 10.2. The maximum absolute atomic E-state index is 9.67. The monoisotopic (exact) mass is 229 g/mol. The topological polar surface area (TPSA) is 71.2 Å². The average Bonchev–Trinajstić information content (AvgIpc) is 2.32. The van der Waals surface area contributed by atoms with Crippen LogP contribution in [0.4, 0.5) is 11.5 Å². The van der Waals surface area contributed by atoms with Crippen LogP contribution in [0.25, 0.3) is 0 Å². The Morgan fingerprint density at radius 2 is 2.18 bits per heavy atom. The highest BCUT2D eigenvalue weighted by Crippen LogP contribution is 2.21. The van der Waals surface area contributed by atoms with Crippen LogP contribution in [-0.4, -0.2) is 10.1 Å². The Balaban J connectivity index is 2.12. The number of nitrogens with zero attached hydrogens (tertiary/aromatic N) is 1. The van der Waals surface area contributed by atoms with E-state index >= 15 is 0 Å². The first-order chi connectivity index (χ1) is 8.16. The minimum absolute atomic E-state index is 0.236. The Hall–Kier alpha value is -2.23. The van der Waals surface area contributed by atoms with Crippen LogP contribution >= 0.6 is 0 Å². The number of benzene rings is 1. The van der Waals surface area contributed by atoms with Crippen LogP contribution in [-0.2, 0) is 6.54 Å². The van der Waals surface area contributed by atoms with Crippen molar-refractivity contribution in [3.8, 4) is 5.75 Å². The largest absolute Gasteiger partial charge is 0.508 e. The summed E-state index contributed by atoms with van der Waals surface area (Å²) in [5, 5.41) is 12.8. The summed E-state index contributed by atoms with van der Waals surface area (Å²) in [6.45, 7) is 2.48. The molecule has 0 aliphatic heterocycles. The Kier molecular flexibility index (Phi) is 3.14. The zero-order chi connectivity index (χ0) is 12.3. The summed E-state index contributed by atoms with van der Waals surface area (Å²) in [6, 6.07) is 8.89. The van der Waals surface area contributed by atoms with Gasteiger partial charge in [0.1, 0.15) is 11.6 Å². The molecule has 1 aromatic carbocycles. The van der Waals surface area contributed by atoms with Gasteiger partial charge in [0.2, 0.25) is 0 Å². The smallest absolute Gasteiger partial charge is 0.129 e. The lowest BCUT2D eigenvalue weighted by Crippen LogP contribution is -2.03. The number of rotatable bonds is 3. The molecule has 0 fully saturated rings. The van der Waals surface area contributed by atoms with Crippen molar-refractivity contribution < 1.29 is 5.11 Å². The lowest BCUT2D eigenvalue weighted by atomic mass is 10.1. The molecule has 0 atom stereocenters. The number of aromatic nitrogens is 1.